The van der Waals surface area contributed by atoms with E-state index < -0.39 is 0 Å². The van der Waals surface area contributed by atoms with Crippen LogP contribution in [-0.2, 0) is 0 Å². The highest BCUT2D eigenvalue weighted by Gasteiger charge is 2.15. The van der Waals surface area contributed by atoms with Crippen LogP contribution >= 0.6 is 27.3 Å². The maximum Gasteiger partial charge on any atom is 0.0731 e. The SMILES string of the molecule is CCC(C)CC(NC)c1cc(C)c(Br)s1. The smallest absolute Gasteiger partial charge is 0.0731 e. The summed E-state index contributed by atoms with van der Waals surface area (Å²) in [6.07, 6.45) is 2.48. The van der Waals surface area contributed by atoms with E-state index in [0.29, 0.717) is 6.04 Å². The van der Waals surface area contributed by atoms with E-state index in [0.717, 1.165) is 5.92 Å². The molecule has 1 aromatic rings. The Morgan fingerprint density at radius 2 is 2.20 bits per heavy atom. The number of hydrogen-bond donors (Lipinski definition) is 1. The molecule has 1 heterocycles. The van der Waals surface area contributed by atoms with Crippen LogP contribution in [-0.4, -0.2) is 7.05 Å². The summed E-state index contributed by atoms with van der Waals surface area (Å²) in [5.41, 5.74) is 1.35. The first-order valence-electron chi connectivity index (χ1n) is 5.51. The second-order valence-electron chi connectivity index (χ2n) is 4.20. The van der Waals surface area contributed by atoms with Gasteiger partial charge in [0, 0.05) is 10.9 Å². The van der Waals surface area contributed by atoms with Crippen LogP contribution in [0.5, 0.6) is 0 Å². The molecule has 1 aromatic heterocycles. The number of nitrogens with one attached hydrogen (secondary N) is 1. The average molecular weight is 290 g/mol. The third-order valence-electron chi connectivity index (χ3n) is 2.90. The molecule has 1 rings (SSSR count). The highest BCUT2D eigenvalue weighted by Crippen LogP contribution is 2.34. The number of hydrogen-bond acceptors (Lipinski definition) is 2. The molecule has 15 heavy (non-hydrogen) atoms. The van der Waals surface area contributed by atoms with Crippen LogP contribution in [0.15, 0.2) is 9.85 Å². The molecule has 0 saturated carbocycles. The minimum atomic E-state index is 0.509. The Hall–Kier alpha value is 0.140. The van der Waals surface area contributed by atoms with Gasteiger partial charge in [0.25, 0.3) is 0 Å². The van der Waals surface area contributed by atoms with E-state index in [-0.39, 0.29) is 0 Å². The van der Waals surface area contributed by atoms with Crippen molar-refractivity contribution >= 4 is 27.3 Å². The summed E-state index contributed by atoms with van der Waals surface area (Å²) in [4.78, 5) is 1.45. The van der Waals surface area contributed by atoms with Crippen LogP contribution in [0.4, 0.5) is 0 Å². The molecule has 0 aliphatic carbocycles. The lowest BCUT2D eigenvalue weighted by Crippen LogP contribution is -2.17. The zero-order chi connectivity index (χ0) is 11.4. The Morgan fingerprint density at radius 3 is 2.60 bits per heavy atom. The minimum absolute atomic E-state index is 0.509. The Balaban J connectivity index is 2.74. The maximum atomic E-state index is 3.59. The van der Waals surface area contributed by atoms with Crippen molar-refractivity contribution in [3.63, 3.8) is 0 Å². The van der Waals surface area contributed by atoms with Gasteiger partial charge in [-0.15, -0.1) is 11.3 Å². The molecular formula is C12H20BrNS. The summed E-state index contributed by atoms with van der Waals surface area (Å²) in [6.45, 7) is 6.73. The topological polar surface area (TPSA) is 12.0 Å². The summed E-state index contributed by atoms with van der Waals surface area (Å²) >= 11 is 5.44. The van der Waals surface area contributed by atoms with Gasteiger partial charge < -0.3 is 5.32 Å². The largest absolute Gasteiger partial charge is 0.312 e. The van der Waals surface area contributed by atoms with Crippen molar-refractivity contribution < 1.29 is 0 Å². The van der Waals surface area contributed by atoms with E-state index in [4.69, 9.17) is 0 Å². The Bertz CT molecular complexity index is 289. The molecule has 0 aliphatic rings. The molecule has 0 amide bonds. The second kappa shape index (κ2) is 6.02. The standard InChI is InChI=1S/C12H20BrNS/c1-5-8(2)6-10(14-4)11-7-9(3)12(13)15-11/h7-8,10,14H,5-6H2,1-4H3. The van der Waals surface area contributed by atoms with Crippen molar-refractivity contribution in [3.05, 3.63) is 20.3 Å². The van der Waals surface area contributed by atoms with E-state index in [1.54, 1.807) is 0 Å². The first kappa shape index (κ1) is 13.2. The monoisotopic (exact) mass is 289 g/mol. The van der Waals surface area contributed by atoms with Gasteiger partial charge in [-0.1, -0.05) is 20.3 Å². The number of thiophene rings is 1. The molecule has 0 aliphatic heterocycles. The zero-order valence-electron chi connectivity index (χ0n) is 9.93. The zero-order valence-corrected chi connectivity index (χ0v) is 12.3. The van der Waals surface area contributed by atoms with Crippen molar-refractivity contribution in [2.24, 2.45) is 5.92 Å². The first-order chi connectivity index (χ1) is 7.08. The molecule has 1 N–H and O–H groups in total. The van der Waals surface area contributed by atoms with E-state index in [9.17, 15) is 0 Å². The van der Waals surface area contributed by atoms with Gasteiger partial charge in [0.15, 0.2) is 0 Å². The van der Waals surface area contributed by atoms with Gasteiger partial charge in [-0.25, -0.2) is 0 Å². The fraction of sp³-hybridized carbons (Fsp3) is 0.667. The van der Waals surface area contributed by atoms with Gasteiger partial charge >= 0.3 is 0 Å². The molecule has 1 nitrogen and oxygen atoms in total. The van der Waals surface area contributed by atoms with Crippen LogP contribution in [0.25, 0.3) is 0 Å². The van der Waals surface area contributed by atoms with Crippen LogP contribution in [0.1, 0.15) is 43.2 Å². The first-order valence-corrected chi connectivity index (χ1v) is 7.12. The lowest BCUT2D eigenvalue weighted by molar-refractivity contribution is 0.426. The Kier molecular flexibility index (Phi) is 5.30. The molecule has 0 fully saturated rings. The Morgan fingerprint density at radius 1 is 1.53 bits per heavy atom. The fourth-order valence-electron chi connectivity index (χ4n) is 1.60. The summed E-state index contributed by atoms with van der Waals surface area (Å²) in [6, 6.07) is 2.80. The molecule has 0 aromatic carbocycles. The molecule has 0 spiro atoms. The van der Waals surface area contributed by atoms with Crippen LogP contribution in [0, 0.1) is 12.8 Å². The van der Waals surface area contributed by atoms with Crippen molar-refractivity contribution in [2.45, 2.75) is 39.7 Å². The van der Waals surface area contributed by atoms with Crippen LogP contribution in [0.3, 0.4) is 0 Å². The third-order valence-corrected chi connectivity index (χ3v) is 5.15. The third kappa shape index (κ3) is 3.58. The van der Waals surface area contributed by atoms with Gasteiger partial charge in [-0.2, -0.15) is 0 Å². The lowest BCUT2D eigenvalue weighted by Gasteiger charge is -2.18. The summed E-state index contributed by atoms with van der Waals surface area (Å²) in [5.74, 6) is 0.781. The van der Waals surface area contributed by atoms with Crippen LogP contribution in [0.2, 0.25) is 0 Å². The Labute approximate surface area is 105 Å². The highest BCUT2D eigenvalue weighted by molar-refractivity contribution is 9.11. The number of halogens is 1. The van der Waals surface area contributed by atoms with E-state index in [1.165, 1.54) is 27.1 Å². The van der Waals surface area contributed by atoms with E-state index in [2.05, 4.69) is 55.1 Å². The van der Waals surface area contributed by atoms with Gasteiger partial charge in [0.1, 0.15) is 0 Å². The molecule has 2 atom stereocenters. The molecule has 3 heteroatoms. The van der Waals surface area contributed by atoms with Crippen LogP contribution < -0.4 is 5.32 Å². The van der Waals surface area contributed by atoms with Crippen molar-refractivity contribution in [3.8, 4) is 0 Å². The van der Waals surface area contributed by atoms with Crippen molar-refractivity contribution in [1.29, 1.82) is 0 Å². The van der Waals surface area contributed by atoms with Crippen molar-refractivity contribution in [1.82, 2.24) is 5.32 Å². The normalized spacial score (nSPS) is 15.3. The van der Waals surface area contributed by atoms with Gasteiger partial charge in [-0.05, 0) is 53.9 Å². The minimum Gasteiger partial charge on any atom is -0.312 e. The predicted octanol–water partition coefficient (Wildman–Crippen LogP) is 4.52. The maximum absolute atomic E-state index is 3.59. The number of rotatable bonds is 5. The summed E-state index contributed by atoms with van der Waals surface area (Å²) in [5, 5.41) is 3.41. The van der Waals surface area contributed by atoms with Gasteiger partial charge in [0.2, 0.25) is 0 Å². The van der Waals surface area contributed by atoms with E-state index >= 15 is 0 Å². The second-order valence-corrected chi connectivity index (χ2v) is 6.60. The molecular weight excluding hydrogens is 270 g/mol. The lowest BCUT2D eigenvalue weighted by atomic mass is 9.98. The number of aryl methyl sites for hydroxylation is 1. The van der Waals surface area contributed by atoms with Gasteiger partial charge in [0.05, 0.1) is 3.79 Å². The molecule has 86 valence electrons. The predicted molar refractivity (Wildman–Crippen MR) is 72.6 cm³/mol. The van der Waals surface area contributed by atoms with E-state index in [1.807, 2.05) is 11.3 Å². The molecule has 2 unspecified atom stereocenters. The average Bonchev–Trinajstić information content (AvgIpc) is 2.55. The quantitative estimate of drug-likeness (QED) is 0.841. The van der Waals surface area contributed by atoms with Gasteiger partial charge in [-0.3, -0.25) is 0 Å². The fourth-order valence-corrected chi connectivity index (χ4v) is 3.29. The van der Waals surface area contributed by atoms with Crippen molar-refractivity contribution in [2.75, 3.05) is 7.05 Å². The molecule has 0 radical (unpaired) electrons. The summed E-state index contributed by atoms with van der Waals surface area (Å²) in [7, 11) is 2.05. The molecule has 0 bridgehead atoms. The molecule has 0 saturated heterocycles. The summed E-state index contributed by atoms with van der Waals surface area (Å²) < 4.78 is 1.27. The highest BCUT2D eigenvalue weighted by atomic mass is 79.9.